The minimum Gasteiger partial charge on any atom is -0.451 e. The Hall–Kier alpha value is -2.42. The molecule has 152 valence electrons. The lowest BCUT2D eigenvalue weighted by Gasteiger charge is -2.19. The number of aliphatic imine (C=N–C) groups is 1. The summed E-state index contributed by atoms with van der Waals surface area (Å²) in [4.78, 5) is 28.4. The maximum atomic E-state index is 12.3. The number of sulfonamides is 1. The normalized spacial score (nSPS) is 21.2. The van der Waals surface area contributed by atoms with Gasteiger partial charge in [0.1, 0.15) is 12.4 Å². The first kappa shape index (κ1) is 20.3. The minimum absolute atomic E-state index is 0.100. The zero-order chi connectivity index (χ0) is 20.1. The average molecular weight is 407 g/mol. The Morgan fingerprint density at radius 1 is 1.21 bits per heavy atom. The molecule has 1 aromatic carbocycles. The summed E-state index contributed by atoms with van der Waals surface area (Å²) in [6.07, 6.45) is 5.51. The van der Waals surface area contributed by atoms with Gasteiger partial charge in [0.05, 0.1) is 4.90 Å². The molecule has 1 atom stereocenters. The van der Waals surface area contributed by atoms with Gasteiger partial charge in [-0.25, -0.2) is 8.42 Å². The van der Waals surface area contributed by atoms with Crippen LogP contribution < -0.4 is 10.0 Å². The highest BCUT2D eigenvalue weighted by Crippen LogP contribution is 2.22. The second-order valence-corrected chi connectivity index (χ2v) is 8.75. The Balaban J connectivity index is 1.54. The molecule has 9 heteroatoms. The minimum atomic E-state index is -3.66. The number of esters is 1. The van der Waals surface area contributed by atoms with E-state index in [1.54, 1.807) is 18.2 Å². The molecule has 2 aliphatic rings. The number of hydrogen-bond acceptors (Lipinski definition) is 6. The van der Waals surface area contributed by atoms with Crippen molar-refractivity contribution in [3.8, 4) is 0 Å². The zero-order valence-electron chi connectivity index (χ0n) is 15.8. The van der Waals surface area contributed by atoms with Crippen molar-refractivity contribution < 1.29 is 22.7 Å². The molecule has 1 aliphatic heterocycles. The van der Waals surface area contributed by atoms with Gasteiger partial charge in [0.25, 0.3) is 15.9 Å². The maximum Gasteiger partial charge on any atom is 0.328 e. The van der Waals surface area contributed by atoms with E-state index in [0.717, 1.165) is 25.7 Å². The largest absolute Gasteiger partial charge is 0.451 e. The lowest BCUT2D eigenvalue weighted by atomic mass is 10.1. The Bertz CT molecular complexity index is 873. The van der Waals surface area contributed by atoms with E-state index in [0.29, 0.717) is 5.56 Å². The smallest absolute Gasteiger partial charge is 0.328 e. The van der Waals surface area contributed by atoms with Gasteiger partial charge < -0.3 is 10.1 Å². The van der Waals surface area contributed by atoms with Crippen molar-refractivity contribution in [1.82, 2.24) is 10.0 Å². The molecular weight excluding hydrogens is 382 g/mol. The standard InChI is InChI=1S/C19H25N3O5S/c1-13(19(24)21-14-8-4-2-3-5-9-14)27-17(23)12-20-18-15-10-6-7-11-16(15)28(25,26)22-18/h6-7,10-11,13-14H,2-5,8-9,12H2,1H3,(H,20,22)(H,21,24)/t13-/m1/s1. The van der Waals surface area contributed by atoms with Crippen molar-refractivity contribution in [2.75, 3.05) is 6.54 Å². The summed E-state index contributed by atoms with van der Waals surface area (Å²) in [6.45, 7) is 1.14. The Morgan fingerprint density at radius 3 is 2.61 bits per heavy atom. The highest BCUT2D eigenvalue weighted by atomic mass is 32.2. The van der Waals surface area contributed by atoms with Gasteiger partial charge in [-0.1, -0.05) is 37.8 Å². The first-order chi connectivity index (χ1) is 13.4. The first-order valence-electron chi connectivity index (χ1n) is 9.53. The van der Waals surface area contributed by atoms with Crippen LogP contribution in [-0.4, -0.2) is 44.8 Å². The topological polar surface area (TPSA) is 114 Å². The fourth-order valence-corrected chi connectivity index (χ4v) is 4.68. The SMILES string of the molecule is C[C@@H](OC(=O)CN=C1NS(=O)(=O)c2ccccc21)C(=O)NC1CCCCCC1. The molecule has 2 N–H and O–H groups in total. The fourth-order valence-electron chi connectivity index (χ4n) is 3.43. The summed E-state index contributed by atoms with van der Waals surface area (Å²) in [5.74, 6) is -0.914. The second-order valence-electron chi connectivity index (χ2n) is 7.10. The number of amides is 1. The molecule has 1 amide bonds. The van der Waals surface area contributed by atoms with E-state index < -0.39 is 22.1 Å². The molecule has 28 heavy (non-hydrogen) atoms. The Kier molecular flexibility index (Phi) is 6.33. The average Bonchev–Trinajstić information content (AvgIpc) is 2.82. The monoisotopic (exact) mass is 407 g/mol. The van der Waals surface area contributed by atoms with Crippen molar-refractivity contribution in [3.05, 3.63) is 29.8 Å². The number of fused-ring (bicyclic) bond motifs is 1. The van der Waals surface area contributed by atoms with Gasteiger partial charge in [-0.2, -0.15) is 0 Å². The molecule has 3 rings (SSSR count). The van der Waals surface area contributed by atoms with Gasteiger partial charge >= 0.3 is 5.97 Å². The van der Waals surface area contributed by atoms with Crippen LogP contribution in [0.4, 0.5) is 0 Å². The van der Waals surface area contributed by atoms with Crippen LogP contribution >= 0.6 is 0 Å². The Labute approximate surface area is 164 Å². The van der Waals surface area contributed by atoms with E-state index in [2.05, 4.69) is 15.0 Å². The summed E-state index contributed by atoms with van der Waals surface area (Å²) in [5.41, 5.74) is 0.412. The highest BCUT2D eigenvalue weighted by molar-refractivity contribution is 7.90. The van der Waals surface area contributed by atoms with Crippen LogP contribution in [-0.2, 0) is 24.3 Å². The van der Waals surface area contributed by atoms with Gasteiger partial charge in [-0.05, 0) is 31.9 Å². The van der Waals surface area contributed by atoms with Crippen molar-refractivity contribution in [3.63, 3.8) is 0 Å². The number of nitrogens with zero attached hydrogens (tertiary/aromatic N) is 1. The van der Waals surface area contributed by atoms with Crippen LogP contribution in [0, 0.1) is 0 Å². The van der Waals surface area contributed by atoms with Gasteiger partial charge in [0.15, 0.2) is 6.10 Å². The summed E-state index contributed by atoms with van der Waals surface area (Å²) in [5, 5.41) is 2.94. The van der Waals surface area contributed by atoms with Gasteiger partial charge in [0, 0.05) is 11.6 Å². The molecule has 8 nitrogen and oxygen atoms in total. The second kappa shape index (κ2) is 8.72. The number of rotatable bonds is 5. The van der Waals surface area contributed by atoms with E-state index in [1.165, 1.54) is 25.8 Å². The highest BCUT2D eigenvalue weighted by Gasteiger charge is 2.30. The van der Waals surface area contributed by atoms with Crippen LogP contribution in [0.25, 0.3) is 0 Å². The predicted octanol–water partition coefficient (Wildman–Crippen LogP) is 1.50. The predicted molar refractivity (Wildman–Crippen MR) is 103 cm³/mol. The van der Waals surface area contributed by atoms with E-state index in [9.17, 15) is 18.0 Å². The first-order valence-corrected chi connectivity index (χ1v) is 11.0. The number of benzene rings is 1. The Morgan fingerprint density at radius 2 is 1.89 bits per heavy atom. The van der Waals surface area contributed by atoms with E-state index in [4.69, 9.17) is 4.74 Å². The molecule has 1 saturated carbocycles. The molecule has 0 bridgehead atoms. The van der Waals surface area contributed by atoms with Crippen LogP contribution in [0.15, 0.2) is 34.2 Å². The number of carbonyl (C=O) groups is 2. The number of hydrogen-bond donors (Lipinski definition) is 2. The summed E-state index contributed by atoms with van der Waals surface area (Å²) in [7, 11) is -3.66. The number of carbonyl (C=O) groups excluding carboxylic acids is 2. The molecular formula is C19H25N3O5S. The number of amidine groups is 1. The fraction of sp³-hybridized carbons (Fsp3) is 0.526. The lowest BCUT2D eigenvalue weighted by molar-refractivity contribution is -0.153. The molecule has 0 radical (unpaired) electrons. The number of ether oxygens (including phenoxy) is 1. The van der Waals surface area contributed by atoms with E-state index in [-0.39, 0.29) is 29.2 Å². The summed E-state index contributed by atoms with van der Waals surface area (Å²) >= 11 is 0. The van der Waals surface area contributed by atoms with Crippen LogP contribution in [0.1, 0.15) is 51.0 Å². The lowest BCUT2D eigenvalue weighted by Crippen LogP contribution is -2.42. The van der Waals surface area contributed by atoms with E-state index >= 15 is 0 Å². The maximum absolute atomic E-state index is 12.3. The summed E-state index contributed by atoms with van der Waals surface area (Å²) in [6, 6.07) is 6.51. The van der Waals surface area contributed by atoms with Crippen molar-refractivity contribution >= 4 is 27.7 Å². The third kappa shape index (κ3) is 4.89. The molecule has 0 unspecified atom stereocenters. The van der Waals surface area contributed by atoms with Crippen LogP contribution in [0.2, 0.25) is 0 Å². The van der Waals surface area contributed by atoms with Crippen LogP contribution in [0.5, 0.6) is 0 Å². The molecule has 1 heterocycles. The zero-order valence-corrected chi connectivity index (χ0v) is 16.6. The van der Waals surface area contributed by atoms with Crippen LogP contribution in [0.3, 0.4) is 0 Å². The molecule has 1 fully saturated rings. The molecule has 0 aromatic heterocycles. The van der Waals surface area contributed by atoms with Gasteiger partial charge in [0.2, 0.25) is 0 Å². The molecule has 1 aromatic rings. The molecule has 0 saturated heterocycles. The van der Waals surface area contributed by atoms with Gasteiger partial charge in [-0.3, -0.25) is 19.3 Å². The summed E-state index contributed by atoms with van der Waals surface area (Å²) < 4.78 is 31.5. The van der Waals surface area contributed by atoms with Crippen molar-refractivity contribution in [2.45, 2.75) is 62.5 Å². The third-order valence-electron chi connectivity index (χ3n) is 4.91. The quantitative estimate of drug-likeness (QED) is 0.567. The molecule has 0 spiro atoms. The van der Waals surface area contributed by atoms with E-state index in [1.807, 2.05) is 0 Å². The van der Waals surface area contributed by atoms with Crippen molar-refractivity contribution in [2.24, 2.45) is 4.99 Å². The third-order valence-corrected chi connectivity index (χ3v) is 6.31. The van der Waals surface area contributed by atoms with Crippen molar-refractivity contribution in [1.29, 1.82) is 0 Å². The molecule has 1 aliphatic carbocycles. The number of nitrogens with one attached hydrogen (secondary N) is 2. The van der Waals surface area contributed by atoms with Gasteiger partial charge in [-0.15, -0.1) is 0 Å².